The van der Waals surface area contributed by atoms with Crippen LogP contribution in [-0.2, 0) is 0 Å². The highest BCUT2D eigenvalue weighted by Gasteiger charge is 2.30. The minimum absolute atomic E-state index is 0.133. The number of anilines is 1. The molecule has 0 saturated heterocycles. The number of unbranched alkanes of at least 4 members (excludes halogenated alkanes) is 1. The molecule has 5 rings (SSSR count). The monoisotopic (exact) mass is 397 g/mol. The summed E-state index contributed by atoms with van der Waals surface area (Å²) >= 11 is 0. The van der Waals surface area contributed by atoms with Gasteiger partial charge >= 0.3 is 0 Å². The number of benzene rings is 3. The Balaban J connectivity index is 1.71. The van der Waals surface area contributed by atoms with Crippen LogP contribution in [0.1, 0.15) is 42.8 Å². The summed E-state index contributed by atoms with van der Waals surface area (Å²) in [6.45, 7) is 7.09. The van der Waals surface area contributed by atoms with Crippen LogP contribution >= 0.6 is 0 Å². The molecule has 1 atom stereocenters. The first-order chi connectivity index (χ1) is 14.7. The van der Waals surface area contributed by atoms with Gasteiger partial charge in [0.1, 0.15) is 5.75 Å². The first kappa shape index (κ1) is 18.7. The van der Waals surface area contributed by atoms with E-state index in [1.165, 1.54) is 21.9 Å². The summed E-state index contributed by atoms with van der Waals surface area (Å²) in [6, 6.07) is 21.5. The lowest BCUT2D eigenvalue weighted by atomic mass is 9.97. The number of aryl methyl sites for hydroxylation is 2. The van der Waals surface area contributed by atoms with Gasteiger partial charge in [-0.15, -0.1) is 0 Å². The highest BCUT2D eigenvalue weighted by Crippen LogP contribution is 2.43. The molecule has 0 spiro atoms. The van der Waals surface area contributed by atoms with E-state index in [1.54, 1.807) is 0 Å². The van der Waals surface area contributed by atoms with Crippen LogP contribution in [0.5, 0.6) is 5.75 Å². The minimum Gasteiger partial charge on any atom is -0.493 e. The number of ether oxygens (including phenoxy) is 1. The predicted octanol–water partition coefficient (Wildman–Crippen LogP) is 6.47. The summed E-state index contributed by atoms with van der Waals surface area (Å²) in [5.41, 5.74) is 6.86. The van der Waals surface area contributed by atoms with E-state index < -0.39 is 0 Å². The van der Waals surface area contributed by atoms with Crippen LogP contribution in [0.3, 0.4) is 0 Å². The Morgan fingerprint density at radius 1 is 1.03 bits per heavy atom. The van der Waals surface area contributed by atoms with Crippen molar-refractivity contribution in [1.29, 1.82) is 0 Å². The van der Waals surface area contributed by atoms with Gasteiger partial charge in [0.2, 0.25) is 0 Å². The molecule has 1 aliphatic rings. The van der Waals surface area contributed by atoms with Crippen molar-refractivity contribution < 1.29 is 4.74 Å². The van der Waals surface area contributed by atoms with E-state index in [4.69, 9.17) is 9.84 Å². The van der Waals surface area contributed by atoms with E-state index in [9.17, 15) is 0 Å². The predicted molar refractivity (Wildman–Crippen MR) is 123 cm³/mol. The van der Waals surface area contributed by atoms with Gasteiger partial charge < -0.3 is 10.1 Å². The molecule has 0 saturated carbocycles. The smallest absolute Gasteiger partial charge is 0.151 e. The van der Waals surface area contributed by atoms with Crippen LogP contribution in [-0.4, -0.2) is 16.4 Å². The number of hydrogen-bond acceptors (Lipinski definition) is 3. The first-order valence-electron chi connectivity index (χ1n) is 10.7. The summed E-state index contributed by atoms with van der Waals surface area (Å²) in [6.07, 6.45) is 2.02. The maximum atomic E-state index is 6.29. The third-order valence-electron chi connectivity index (χ3n) is 5.81. The fourth-order valence-electron chi connectivity index (χ4n) is 4.32. The lowest BCUT2D eigenvalue weighted by molar-refractivity contribution is 0.304. The molecule has 3 aromatic carbocycles. The number of aromatic nitrogens is 2. The van der Waals surface area contributed by atoms with Crippen LogP contribution in [0.15, 0.2) is 60.7 Å². The number of fused-ring (bicyclic) bond motifs is 4. The van der Waals surface area contributed by atoms with Gasteiger partial charge in [0, 0.05) is 16.8 Å². The summed E-state index contributed by atoms with van der Waals surface area (Å²) in [4.78, 5) is 0. The van der Waals surface area contributed by atoms with Gasteiger partial charge in [0.15, 0.2) is 6.17 Å². The molecule has 0 aliphatic carbocycles. The quantitative estimate of drug-likeness (QED) is 0.392. The van der Waals surface area contributed by atoms with Crippen molar-refractivity contribution in [2.75, 3.05) is 11.9 Å². The van der Waals surface area contributed by atoms with Gasteiger partial charge in [-0.3, -0.25) is 0 Å². The Hall–Kier alpha value is -3.27. The molecule has 152 valence electrons. The summed E-state index contributed by atoms with van der Waals surface area (Å²) in [5, 5.41) is 11.0. The van der Waals surface area contributed by atoms with Gasteiger partial charge in [-0.25, -0.2) is 4.68 Å². The van der Waals surface area contributed by atoms with E-state index in [2.05, 4.69) is 91.4 Å². The molecule has 0 radical (unpaired) electrons. The largest absolute Gasteiger partial charge is 0.493 e. The zero-order valence-electron chi connectivity index (χ0n) is 17.8. The molecule has 2 heterocycles. The molecule has 0 amide bonds. The van der Waals surface area contributed by atoms with Gasteiger partial charge in [0.25, 0.3) is 0 Å². The average molecular weight is 398 g/mol. The van der Waals surface area contributed by atoms with Crippen molar-refractivity contribution >= 4 is 16.5 Å². The van der Waals surface area contributed by atoms with Crippen molar-refractivity contribution in [3.63, 3.8) is 0 Å². The molecule has 4 heteroatoms. The fraction of sp³-hybridized carbons (Fsp3) is 0.269. The van der Waals surface area contributed by atoms with Crippen LogP contribution in [0.2, 0.25) is 0 Å². The Morgan fingerprint density at radius 2 is 1.90 bits per heavy atom. The topological polar surface area (TPSA) is 39.1 Å². The molecule has 4 nitrogen and oxygen atoms in total. The van der Waals surface area contributed by atoms with E-state index in [1.807, 2.05) is 0 Å². The number of nitrogens with zero attached hydrogens (tertiary/aromatic N) is 2. The molecular weight excluding hydrogens is 370 g/mol. The third kappa shape index (κ3) is 3.13. The second kappa shape index (κ2) is 7.52. The third-order valence-corrected chi connectivity index (χ3v) is 5.81. The second-order valence-corrected chi connectivity index (χ2v) is 8.11. The zero-order valence-corrected chi connectivity index (χ0v) is 17.8. The second-order valence-electron chi connectivity index (χ2n) is 8.11. The van der Waals surface area contributed by atoms with Crippen molar-refractivity contribution in [3.05, 3.63) is 77.5 Å². The van der Waals surface area contributed by atoms with E-state index >= 15 is 0 Å². The average Bonchev–Trinajstić information content (AvgIpc) is 3.15. The Morgan fingerprint density at radius 3 is 2.77 bits per heavy atom. The number of rotatable bonds is 5. The summed E-state index contributed by atoms with van der Waals surface area (Å²) in [5.74, 6) is 0.925. The molecule has 4 aromatic rings. The van der Waals surface area contributed by atoms with Crippen LogP contribution in [0.4, 0.5) is 5.69 Å². The lowest BCUT2D eigenvalue weighted by Gasteiger charge is -2.31. The maximum absolute atomic E-state index is 6.29. The fourth-order valence-corrected chi connectivity index (χ4v) is 4.32. The normalized spacial score (nSPS) is 14.8. The molecule has 1 aromatic heterocycles. The highest BCUT2D eigenvalue weighted by atomic mass is 16.5. The van der Waals surface area contributed by atoms with Gasteiger partial charge in [-0.05, 0) is 55.3 Å². The van der Waals surface area contributed by atoms with Crippen LogP contribution in [0, 0.1) is 13.8 Å². The molecule has 0 fully saturated rings. The number of nitrogens with one attached hydrogen (secondary N) is 1. The molecule has 1 unspecified atom stereocenters. The molecule has 30 heavy (non-hydrogen) atoms. The molecule has 1 N–H and O–H groups in total. The Kier molecular flexibility index (Phi) is 4.70. The molecule has 1 aliphatic heterocycles. The first-order valence-corrected chi connectivity index (χ1v) is 10.7. The van der Waals surface area contributed by atoms with E-state index in [0.717, 1.165) is 47.8 Å². The maximum Gasteiger partial charge on any atom is 0.151 e. The van der Waals surface area contributed by atoms with Crippen molar-refractivity contribution in [2.45, 2.75) is 39.8 Å². The van der Waals surface area contributed by atoms with E-state index in [0.29, 0.717) is 0 Å². The lowest BCUT2D eigenvalue weighted by Crippen LogP contribution is -2.26. The Bertz CT molecular complexity index is 1220. The van der Waals surface area contributed by atoms with Crippen LogP contribution in [0.25, 0.3) is 22.0 Å². The van der Waals surface area contributed by atoms with Crippen molar-refractivity contribution in [2.24, 2.45) is 0 Å². The summed E-state index contributed by atoms with van der Waals surface area (Å²) in [7, 11) is 0. The van der Waals surface area contributed by atoms with E-state index in [-0.39, 0.29) is 6.17 Å². The standard InChI is InChI=1S/C26H27N3O/c1-4-5-14-30-24-13-11-19-8-6-7-9-20(19)25(24)26-27-22-12-10-17(2)15-21(22)23-16-18(3)28-29(23)26/h6-13,15-16,26-27H,4-5,14H2,1-3H3. The molecule has 0 bridgehead atoms. The highest BCUT2D eigenvalue weighted by molar-refractivity contribution is 5.90. The van der Waals surface area contributed by atoms with Crippen molar-refractivity contribution in [1.82, 2.24) is 9.78 Å². The number of hydrogen-bond donors (Lipinski definition) is 1. The van der Waals surface area contributed by atoms with Gasteiger partial charge in [0.05, 0.1) is 18.0 Å². The molecular formula is C26H27N3O. The zero-order chi connectivity index (χ0) is 20.7. The van der Waals surface area contributed by atoms with Gasteiger partial charge in [-0.1, -0.05) is 55.3 Å². The Labute approximate surface area is 177 Å². The van der Waals surface area contributed by atoms with Crippen molar-refractivity contribution in [3.8, 4) is 17.0 Å². The summed E-state index contributed by atoms with van der Waals surface area (Å²) < 4.78 is 8.40. The minimum atomic E-state index is -0.133. The van der Waals surface area contributed by atoms with Gasteiger partial charge in [-0.2, -0.15) is 5.10 Å². The van der Waals surface area contributed by atoms with Crippen LogP contribution < -0.4 is 10.1 Å². The SMILES string of the molecule is CCCCOc1ccc2ccccc2c1C1Nc2ccc(C)cc2-c2cc(C)nn21.